The van der Waals surface area contributed by atoms with Gasteiger partial charge in [0.05, 0.1) is 5.56 Å². The van der Waals surface area contributed by atoms with Crippen molar-refractivity contribution in [2.75, 3.05) is 5.73 Å². The second kappa shape index (κ2) is 5.76. The number of hydrogen-bond donors (Lipinski definition) is 2. The summed E-state index contributed by atoms with van der Waals surface area (Å²) in [4.78, 5) is 4.16. The van der Waals surface area contributed by atoms with Crippen LogP contribution in [0.5, 0.6) is 0 Å². The molecule has 0 bridgehead atoms. The Hall–Kier alpha value is -3.56. The van der Waals surface area contributed by atoms with Crippen LogP contribution in [0, 0.1) is 0 Å². The zero-order valence-electron chi connectivity index (χ0n) is 13.0. The Morgan fingerprint density at radius 2 is 1.65 bits per heavy atom. The maximum atomic E-state index is 13.4. The topological polar surface area (TPSA) is 106 Å². The molecule has 0 saturated heterocycles. The second-order valence-electron chi connectivity index (χ2n) is 5.45. The van der Waals surface area contributed by atoms with Crippen molar-refractivity contribution >= 4 is 17.0 Å². The molecular formula is C16H10F3N7. The van der Waals surface area contributed by atoms with Gasteiger partial charge in [-0.25, -0.2) is 4.98 Å². The highest BCUT2D eigenvalue weighted by Crippen LogP contribution is 2.38. The van der Waals surface area contributed by atoms with Gasteiger partial charge in [0.25, 0.3) is 0 Å². The maximum Gasteiger partial charge on any atom is 0.418 e. The van der Waals surface area contributed by atoms with Crippen molar-refractivity contribution < 1.29 is 13.2 Å². The third kappa shape index (κ3) is 2.70. The minimum atomic E-state index is -4.60. The summed E-state index contributed by atoms with van der Waals surface area (Å²) < 4.78 is 40.3. The van der Waals surface area contributed by atoms with E-state index in [9.17, 15) is 13.2 Å². The van der Waals surface area contributed by atoms with Crippen LogP contribution in [0.2, 0.25) is 0 Å². The van der Waals surface area contributed by atoms with Crippen LogP contribution < -0.4 is 5.73 Å². The predicted molar refractivity (Wildman–Crippen MR) is 87.6 cm³/mol. The largest absolute Gasteiger partial charge is 0.418 e. The smallest absolute Gasteiger partial charge is 0.366 e. The van der Waals surface area contributed by atoms with Crippen LogP contribution in [0.15, 0.2) is 42.5 Å². The van der Waals surface area contributed by atoms with Gasteiger partial charge >= 0.3 is 6.18 Å². The number of nitrogen functional groups attached to an aromatic ring is 1. The lowest BCUT2D eigenvalue weighted by molar-refractivity contribution is -0.136. The van der Waals surface area contributed by atoms with E-state index in [1.807, 2.05) is 6.07 Å². The third-order valence-electron chi connectivity index (χ3n) is 3.75. The molecule has 2 heterocycles. The fourth-order valence-corrected chi connectivity index (χ4v) is 2.63. The molecule has 0 aliphatic rings. The van der Waals surface area contributed by atoms with Crippen molar-refractivity contribution in [1.82, 2.24) is 30.6 Å². The lowest BCUT2D eigenvalue weighted by atomic mass is 10.0. The minimum Gasteiger partial charge on any atom is -0.366 e. The number of anilines is 1. The molecular weight excluding hydrogens is 347 g/mol. The molecule has 0 atom stereocenters. The number of H-pyrrole nitrogens is 1. The van der Waals surface area contributed by atoms with Gasteiger partial charge in [0, 0.05) is 11.1 Å². The number of nitrogens with zero attached hydrogens (tertiary/aromatic N) is 5. The van der Waals surface area contributed by atoms with Crippen molar-refractivity contribution in [3.8, 4) is 22.5 Å². The zero-order chi connectivity index (χ0) is 18.3. The molecule has 0 saturated carbocycles. The van der Waals surface area contributed by atoms with Gasteiger partial charge in [0.2, 0.25) is 5.95 Å². The summed E-state index contributed by atoms with van der Waals surface area (Å²) >= 11 is 0. The molecule has 0 spiro atoms. The maximum absolute atomic E-state index is 13.4. The number of fused-ring (bicyclic) bond motifs is 1. The third-order valence-corrected chi connectivity index (χ3v) is 3.75. The molecule has 10 heteroatoms. The normalized spacial score (nSPS) is 11.8. The number of aromatic nitrogens is 6. The van der Waals surface area contributed by atoms with E-state index in [0.717, 1.165) is 6.07 Å². The first-order valence-corrected chi connectivity index (χ1v) is 7.41. The summed E-state index contributed by atoms with van der Waals surface area (Å²) in [6, 6.07) is 11.3. The second-order valence-corrected chi connectivity index (χ2v) is 5.45. The summed E-state index contributed by atoms with van der Waals surface area (Å²) in [5.41, 5.74) is 5.81. The number of benzene rings is 2. The number of halogens is 3. The average Bonchev–Trinajstić information content (AvgIpc) is 3.09. The van der Waals surface area contributed by atoms with Gasteiger partial charge in [-0.05, 0) is 12.1 Å². The molecule has 4 aromatic rings. The average molecular weight is 357 g/mol. The van der Waals surface area contributed by atoms with E-state index in [-0.39, 0.29) is 28.2 Å². The summed E-state index contributed by atoms with van der Waals surface area (Å²) in [7, 11) is 0. The van der Waals surface area contributed by atoms with Crippen LogP contribution in [0.1, 0.15) is 5.56 Å². The van der Waals surface area contributed by atoms with Gasteiger partial charge in [-0.1, -0.05) is 30.3 Å². The fraction of sp³-hybridized carbons (Fsp3) is 0.0625. The van der Waals surface area contributed by atoms with E-state index in [1.54, 1.807) is 24.3 Å². The van der Waals surface area contributed by atoms with Crippen molar-refractivity contribution in [3.63, 3.8) is 0 Å². The van der Waals surface area contributed by atoms with Crippen LogP contribution in [-0.2, 0) is 6.18 Å². The van der Waals surface area contributed by atoms with Crippen LogP contribution in [0.3, 0.4) is 0 Å². The van der Waals surface area contributed by atoms with E-state index in [4.69, 9.17) is 5.73 Å². The fourth-order valence-electron chi connectivity index (χ4n) is 2.63. The van der Waals surface area contributed by atoms with E-state index < -0.39 is 11.7 Å². The number of rotatable bonds is 2. The Morgan fingerprint density at radius 1 is 0.885 bits per heavy atom. The molecule has 0 aliphatic heterocycles. The van der Waals surface area contributed by atoms with Crippen molar-refractivity contribution in [1.29, 1.82) is 0 Å². The lowest BCUT2D eigenvalue weighted by Gasteiger charge is -2.11. The standard InChI is InChI=1S/C16H10F3N7/c17-16(18,19)10-6-9(7-11-14(10)24-26-22-11)13-12(21-15(20)25-23-13)8-4-2-1-3-5-8/h1-7H,(H2,20,21,25)(H,22,24,26). The highest BCUT2D eigenvalue weighted by atomic mass is 19.4. The number of nitrogens with one attached hydrogen (secondary N) is 1. The van der Waals surface area contributed by atoms with Crippen LogP contribution >= 0.6 is 0 Å². The molecule has 0 aliphatic carbocycles. The first kappa shape index (κ1) is 15.9. The Bertz CT molecular complexity index is 1090. The van der Waals surface area contributed by atoms with Gasteiger partial charge in [-0.2, -0.15) is 28.6 Å². The molecule has 130 valence electrons. The summed E-state index contributed by atoms with van der Waals surface area (Å²) in [5, 5.41) is 17.2. The number of alkyl halides is 3. The highest BCUT2D eigenvalue weighted by Gasteiger charge is 2.35. The molecule has 4 rings (SSSR count). The van der Waals surface area contributed by atoms with Gasteiger partial charge in [-0.3, -0.25) is 0 Å². The Kier molecular flexibility index (Phi) is 3.53. The summed E-state index contributed by atoms with van der Waals surface area (Å²) in [6.45, 7) is 0. The van der Waals surface area contributed by atoms with Crippen molar-refractivity contribution in [2.24, 2.45) is 0 Å². The first-order valence-electron chi connectivity index (χ1n) is 7.41. The predicted octanol–water partition coefficient (Wildman–Crippen LogP) is 3.08. The SMILES string of the molecule is Nc1nnc(-c2cc(C(F)(F)F)c3n[nH]nc3c2)c(-c2ccccc2)n1. The molecule has 7 nitrogen and oxygen atoms in total. The minimum absolute atomic E-state index is 0.0625. The van der Waals surface area contributed by atoms with Crippen molar-refractivity contribution in [3.05, 3.63) is 48.0 Å². The molecule has 0 fully saturated rings. The lowest BCUT2D eigenvalue weighted by Crippen LogP contribution is -2.07. The molecule has 0 unspecified atom stereocenters. The Labute approximate surface area is 144 Å². The molecule has 0 radical (unpaired) electrons. The van der Waals surface area contributed by atoms with E-state index >= 15 is 0 Å². The van der Waals surface area contributed by atoms with Gasteiger partial charge in [0.15, 0.2) is 0 Å². The van der Waals surface area contributed by atoms with E-state index in [1.165, 1.54) is 6.07 Å². The van der Waals surface area contributed by atoms with Crippen LogP contribution in [0.25, 0.3) is 33.5 Å². The molecule has 2 aromatic heterocycles. The zero-order valence-corrected chi connectivity index (χ0v) is 13.0. The number of hydrogen-bond acceptors (Lipinski definition) is 6. The number of nitrogens with two attached hydrogens (primary N) is 1. The monoisotopic (exact) mass is 357 g/mol. The van der Waals surface area contributed by atoms with E-state index in [0.29, 0.717) is 11.3 Å². The highest BCUT2D eigenvalue weighted by molar-refractivity contribution is 5.87. The van der Waals surface area contributed by atoms with Crippen LogP contribution in [-0.4, -0.2) is 30.6 Å². The molecule has 26 heavy (non-hydrogen) atoms. The van der Waals surface area contributed by atoms with Crippen LogP contribution in [0.4, 0.5) is 19.1 Å². The first-order chi connectivity index (χ1) is 12.4. The molecule has 3 N–H and O–H groups in total. The van der Waals surface area contributed by atoms with Gasteiger partial charge < -0.3 is 5.73 Å². The Morgan fingerprint density at radius 3 is 2.38 bits per heavy atom. The summed E-state index contributed by atoms with van der Waals surface area (Å²) in [5.74, 6) is -0.0776. The molecule has 0 amide bonds. The molecule has 2 aromatic carbocycles. The van der Waals surface area contributed by atoms with E-state index in [2.05, 4.69) is 30.6 Å². The quantitative estimate of drug-likeness (QED) is 0.571. The van der Waals surface area contributed by atoms with Gasteiger partial charge in [0.1, 0.15) is 22.4 Å². The Balaban J connectivity index is 2.00. The van der Waals surface area contributed by atoms with Gasteiger partial charge in [-0.15, -0.1) is 10.2 Å². The van der Waals surface area contributed by atoms with Crippen molar-refractivity contribution in [2.45, 2.75) is 6.18 Å². The number of aromatic amines is 1. The summed E-state index contributed by atoms with van der Waals surface area (Å²) in [6.07, 6.45) is -4.60.